The maximum atomic E-state index is 5.70. The Bertz CT molecular complexity index is 428. The second-order valence-electron chi connectivity index (χ2n) is 5.14. The minimum atomic E-state index is 0.344. The molecule has 1 atom stereocenters. The first-order chi connectivity index (χ1) is 8.61. The molecule has 0 aliphatic heterocycles. The van der Waals surface area contributed by atoms with E-state index in [1.165, 1.54) is 12.8 Å². The number of aromatic nitrogens is 3. The number of nitrogens with zero attached hydrogens (tertiary/aromatic N) is 3. The van der Waals surface area contributed by atoms with E-state index in [1.807, 2.05) is 4.68 Å². The molecule has 0 amide bonds. The van der Waals surface area contributed by atoms with Crippen LogP contribution in [0.4, 0.5) is 0 Å². The lowest BCUT2D eigenvalue weighted by molar-refractivity contribution is 0.148. The van der Waals surface area contributed by atoms with Crippen LogP contribution in [0.15, 0.2) is 0 Å². The van der Waals surface area contributed by atoms with Gasteiger partial charge in [0.15, 0.2) is 0 Å². The zero-order valence-electron chi connectivity index (χ0n) is 10.9. The lowest BCUT2D eigenvalue weighted by Crippen LogP contribution is -2.18. The Hall–Kier alpha value is -1.01. The Labute approximate surface area is 113 Å². The fraction of sp³-hybridized carbons (Fsp3) is 0.750. The van der Waals surface area contributed by atoms with Crippen molar-refractivity contribution in [1.29, 1.82) is 0 Å². The van der Waals surface area contributed by atoms with Crippen molar-refractivity contribution in [3.63, 3.8) is 0 Å². The first-order valence-electron chi connectivity index (χ1n) is 6.33. The van der Waals surface area contributed by atoms with Gasteiger partial charge in [0.05, 0.1) is 12.3 Å². The smallest absolute Gasteiger partial charge is 0.143 e. The third-order valence-corrected chi connectivity index (χ3v) is 3.38. The Balaban J connectivity index is 2.14. The molecule has 0 radical (unpaired) electrons. The molecule has 5 nitrogen and oxygen atoms in total. The second kappa shape index (κ2) is 5.75. The molecule has 0 saturated heterocycles. The molecular formula is C12H20N4OS. The lowest BCUT2D eigenvalue weighted by Gasteiger charge is -2.12. The molecule has 1 aliphatic rings. The van der Waals surface area contributed by atoms with Crippen LogP contribution in [0.2, 0.25) is 0 Å². The fourth-order valence-corrected chi connectivity index (χ4v) is 2.26. The van der Waals surface area contributed by atoms with E-state index in [1.54, 1.807) is 7.11 Å². The zero-order chi connectivity index (χ0) is 13.1. The minimum Gasteiger partial charge on any atom is -0.388 e. The Kier molecular flexibility index (Phi) is 4.29. The van der Waals surface area contributed by atoms with E-state index in [0.717, 1.165) is 24.6 Å². The number of hydrogen-bond acceptors (Lipinski definition) is 4. The molecule has 0 spiro atoms. The van der Waals surface area contributed by atoms with Gasteiger partial charge < -0.3 is 10.5 Å². The standard InChI is InChI=1S/C12H20N4OS/c1-8(7-17-2)6-16-10(5-9-3-4-9)11(12(13)18)14-15-16/h8-9H,3-7H2,1-2H3,(H2,13,18). The number of nitrogens with two attached hydrogens (primary N) is 1. The first kappa shape index (κ1) is 13.4. The summed E-state index contributed by atoms with van der Waals surface area (Å²) in [5.41, 5.74) is 7.49. The van der Waals surface area contributed by atoms with Crippen molar-refractivity contribution in [2.24, 2.45) is 17.6 Å². The molecule has 1 unspecified atom stereocenters. The van der Waals surface area contributed by atoms with E-state index in [0.29, 0.717) is 23.2 Å². The number of ether oxygens (including phenoxy) is 1. The summed E-state index contributed by atoms with van der Waals surface area (Å²) >= 11 is 5.04. The van der Waals surface area contributed by atoms with Crippen molar-refractivity contribution in [1.82, 2.24) is 15.0 Å². The van der Waals surface area contributed by atoms with Crippen molar-refractivity contribution in [2.45, 2.75) is 32.7 Å². The van der Waals surface area contributed by atoms with E-state index >= 15 is 0 Å². The molecule has 0 bridgehead atoms. The topological polar surface area (TPSA) is 66.0 Å². The highest BCUT2D eigenvalue weighted by Gasteiger charge is 2.26. The molecule has 2 rings (SSSR count). The van der Waals surface area contributed by atoms with Crippen LogP contribution in [0.1, 0.15) is 31.2 Å². The van der Waals surface area contributed by atoms with Crippen LogP contribution in [0.25, 0.3) is 0 Å². The molecule has 1 aromatic rings. The minimum absolute atomic E-state index is 0.344. The molecule has 2 N–H and O–H groups in total. The van der Waals surface area contributed by atoms with Crippen molar-refractivity contribution in [2.75, 3.05) is 13.7 Å². The van der Waals surface area contributed by atoms with Crippen molar-refractivity contribution >= 4 is 17.2 Å². The van der Waals surface area contributed by atoms with Crippen LogP contribution in [-0.4, -0.2) is 33.7 Å². The zero-order valence-corrected chi connectivity index (χ0v) is 11.7. The average molecular weight is 268 g/mol. The van der Waals surface area contributed by atoms with Crippen LogP contribution in [0.5, 0.6) is 0 Å². The maximum Gasteiger partial charge on any atom is 0.143 e. The summed E-state index contributed by atoms with van der Waals surface area (Å²) in [7, 11) is 1.71. The molecule has 1 aliphatic carbocycles. The second-order valence-corrected chi connectivity index (χ2v) is 5.58. The number of methoxy groups -OCH3 is 1. The van der Waals surface area contributed by atoms with Gasteiger partial charge in [-0.15, -0.1) is 5.10 Å². The highest BCUT2D eigenvalue weighted by atomic mass is 32.1. The normalized spacial score (nSPS) is 16.8. The van der Waals surface area contributed by atoms with Crippen molar-refractivity contribution in [3.05, 3.63) is 11.4 Å². The van der Waals surface area contributed by atoms with Crippen LogP contribution >= 0.6 is 12.2 Å². The molecule has 1 aromatic heterocycles. The van der Waals surface area contributed by atoms with E-state index in [4.69, 9.17) is 22.7 Å². The molecule has 6 heteroatoms. The predicted octanol–water partition coefficient (Wildman–Crippen LogP) is 1.15. The molecule has 1 fully saturated rings. The maximum absolute atomic E-state index is 5.70. The molecule has 0 aromatic carbocycles. The van der Waals surface area contributed by atoms with E-state index in [2.05, 4.69) is 17.2 Å². The van der Waals surface area contributed by atoms with Crippen LogP contribution < -0.4 is 5.73 Å². The van der Waals surface area contributed by atoms with Gasteiger partial charge >= 0.3 is 0 Å². The number of rotatable bonds is 7. The van der Waals surface area contributed by atoms with Gasteiger partial charge in [-0.2, -0.15) is 0 Å². The van der Waals surface area contributed by atoms with Crippen molar-refractivity contribution in [3.8, 4) is 0 Å². The highest BCUT2D eigenvalue weighted by Crippen LogP contribution is 2.33. The molecule has 1 heterocycles. The van der Waals surface area contributed by atoms with Gasteiger partial charge in [-0.25, -0.2) is 4.68 Å². The van der Waals surface area contributed by atoms with Crippen LogP contribution in [0.3, 0.4) is 0 Å². The summed E-state index contributed by atoms with van der Waals surface area (Å²) in [4.78, 5) is 0.344. The van der Waals surface area contributed by atoms with Crippen LogP contribution in [0, 0.1) is 11.8 Å². The van der Waals surface area contributed by atoms with Gasteiger partial charge in [-0.1, -0.05) is 24.4 Å². The summed E-state index contributed by atoms with van der Waals surface area (Å²) in [5.74, 6) is 1.15. The largest absolute Gasteiger partial charge is 0.388 e. The summed E-state index contributed by atoms with van der Waals surface area (Å²) in [6.45, 7) is 3.64. The Morgan fingerprint density at radius 3 is 2.89 bits per heavy atom. The Morgan fingerprint density at radius 2 is 2.33 bits per heavy atom. The lowest BCUT2D eigenvalue weighted by atomic mass is 10.1. The number of hydrogen-bond donors (Lipinski definition) is 1. The monoisotopic (exact) mass is 268 g/mol. The van der Waals surface area contributed by atoms with Gasteiger partial charge in [-0.3, -0.25) is 0 Å². The van der Waals surface area contributed by atoms with E-state index < -0.39 is 0 Å². The molecule has 1 saturated carbocycles. The summed E-state index contributed by atoms with van der Waals surface area (Å²) < 4.78 is 7.09. The van der Waals surface area contributed by atoms with Gasteiger partial charge in [0.2, 0.25) is 0 Å². The quantitative estimate of drug-likeness (QED) is 0.751. The summed E-state index contributed by atoms with van der Waals surface area (Å²) in [6.07, 6.45) is 3.56. The van der Waals surface area contributed by atoms with Gasteiger partial charge in [-0.05, 0) is 31.1 Å². The van der Waals surface area contributed by atoms with E-state index in [9.17, 15) is 0 Å². The summed E-state index contributed by atoms with van der Waals surface area (Å²) in [6, 6.07) is 0. The SMILES string of the molecule is COCC(C)Cn1nnc(C(N)=S)c1CC1CC1. The van der Waals surface area contributed by atoms with Gasteiger partial charge in [0.25, 0.3) is 0 Å². The first-order valence-corrected chi connectivity index (χ1v) is 6.73. The van der Waals surface area contributed by atoms with Crippen LogP contribution in [-0.2, 0) is 17.7 Å². The fourth-order valence-electron chi connectivity index (χ4n) is 2.10. The third-order valence-electron chi connectivity index (χ3n) is 3.19. The highest BCUT2D eigenvalue weighted by molar-refractivity contribution is 7.80. The van der Waals surface area contributed by atoms with Crippen molar-refractivity contribution < 1.29 is 4.74 Å². The summed E-state index contributed by atoms with van der Waals surface area (Å²) in [5, 5.41) is 8.30. The Morgan fingerprint density at radius 1 is 1.61 bits per heavy atom. The molecule has 100 valence electrons. The number of thiocarbonyl (C=S) groups is 1. The predicted molar refractivity (Wildman–Crippen MR) is 73.4 cm³/mol. The molecular weight excluding hydrogens is 248 g/mol. The molecule has 18 heavy (non-hydrogen) atoms. The van der Waals surface area contributed by atoms with Gasteiger partial charge in [0.1, 0.15) is 10.7 Å². The third kappa shape index (κ3) is 3.26. The average Bonchev–Trinajstić information content (AvgIpc) is 3.02. The van der Waals surface area contributed by atoms with Gasteiger partial charge in [0, 0.05) is 13.7 Å². The van der Waals surface area contributed by atoms with E-state index in [-0.39, 0.29) is 0 Å².